The molecule has 0 unspecified atom stereocenters. The maximum atomic E-state index is 11.7. The molecular weight excluding hydrogens is 548 g/mol. The van der Waals surface area contributed by atoms with Crippen molar-refractivity contribution in [1.82, 2.24) is 15.3 Å². The Labute approximate surface area is 234 Å². The lowest BCUT2D eigenvalue weighted by Gasteiger charge is -2.19. The van der Waals surface area contributed by atoms with Crippen LogP contribution in [0, 0.1) is 6.92 Å². The highest BCUT2D eigenvalue weighted by atomic mass is 79.9. The zero-order chi connectivity index (χ0) is 27.7. The number of rotatable bonds is 12. The van der Waals surface area contributed by atoms with Crippen LogP contribution in [-0.4, -0.2) is 41.9 Å². The Hall–Kier alpha value is -3.07. The highest BCUT2D eigenvalue weighted by molar-refractivity contribution is 9.10. The van der Waals surface area contributed by atoms with Crippen molar-refractivity contribution < 1.29 is 19.0 Å². The minimum Gasteiger partial charge on any atom is -0.493 e. The fourth-order valence-corrected chi connectivity index (χ4v) is 4.38. The molecule has 0 saturated heterocycles. The van der Waals surface area contributed by atoms with Gasteiger partial charge in [0.1, 0.15) is 17.2 Å². The van der Waals surface area contributed by atoms with Crippen LogP contribution >= 0.6 is 15.9 Å². The molecule has 2 N–H and O–H groups in total. The number of benzene rings is 2. The Bertz CT molecular complexity index is 1230. The van der Waals surface area contributed by atoms with Crippen LogP contribution < -0.4 is 20.1 Å². The van der Waals surface area contributed by atoms with Crippen LogP contribution in [0.3, 0.4) is 0 Å². The zero-order valence-electron chi connectivity index (χ0n) is 23.2. The topological polar surface area (TPSA) is 94.6 Å². The minimum absolute atomic E-state index is 0.0475. The number of alkyl carbamates (subject to hydrolysis) is 1. The largest absolute Gasteiger partial charge is 0.493 e. The molecule has 1 aromatic heterocycles. The number of aryl methyl sites for hydroxylation is 1. The molecule has 1 heterocycles. The number of fused-ring (bicyclic) bond motifs is 1. The van der Waals surface area contributed by atoms with Crippen molar-refractivity contribution in [2.45, 2.75) is 71.9 Å². The maximum Gasteiger partial charge on any atom is 0.407 e. The molecule has 0 radical (unpaired) electrons. The number of nitrogens with zero attached hydrogens (tertiary/aromatic N) is 2. The monoisotopic (exact) mass is 586 g/mol. The summed E-state index contributed by atoms with van der Waals surface area (Å²) in [6.45, 7) is 10.7. The number of halogens is 1. The lowest BCUT2D eigenvalue weighted by Crippen LogP contribution is -2.32. The summed E-state index contributed by atoms with van der Waals surface area (Å²) >= 11 is 3.55. The number of anilines is 1. The molecule has 0 fully saturated rings. The summed E-state index contributed by atoms with van der Waals surface area (Å²) in [5.74, 6) is 2.74. The molecule has 0 bridgehead atoms. The van der Waals surface area contributed by atoms with Gasteiger partial charge in [-0.1, -0.05) is 40.9 Å². The van der Waals surface area contributed by atoms with Crippen molar-refractivity contribution in [1.29, 1.82) is 0 Å². The van der Waals surface area contributed by atoms with Crippen LogP contribution in [0.2, 0.25) is 0 Å². The summed E-state index contributed by atoms with van der Waals surface area (Å²) in [6.07, 6.45) is 3.40. The molecule has 8 nitrogen and oxygen atoms in total. The van der Waals surface area contributed by atoms with Crippen LogP contribution in [0.1, 0.15) is 70.8 Å². The quantitative estimate of drug-likeness (QED) is 0.214. The molecule has 0 aliphatic carbocycles. The van der Waals surface area contributed by atoms with E-state index in [0.29, 0.717) is 30.5 Å². The van der Waals surface area contributed by atoms with Gasteiger partial charge in [0.25, 0.3) is 0 Å². The summed E-state index contributed by atoms with van der Waals surface area (Å²) in [7, 11) is 1.64. The molecule has 0 spiro atoms. The highest BCUT2D eigenvalue weighted by Crippen LogP contribution is 2.35. The molecule has 0 aliphatic heterocycles. The van der Waals surface area contributed by atoms with Crippen molar-refractivity contribution in [3.05, 3.63) is 52.3 Å². The molecule has 3 aromatic rings. The third kappa shape index (κ3) is 9.04. The van der Waals surface area contributed by atoms with E-state index in [9.17, 15) is 4.79 Å². The second-order valence-corrected chi connectivity index (χ2v) is 11.2. The summed E-state index contributed by atoms with van der Waals surface area (Å²) in [5.41, 5.74) is 1.47. The molecule has 2 aromatic carbocycles. The van der Waals surface area contributed by atoms with Crippen LogP contribution in [0.15, 0.2) is 40.9 Å². The van der Waals surface area contributed by atoms with Crippen molar-refractivity contribution >= 4 is 38.7 Å². The van der Waals surface area contributed by atoms with Gasteiger partial charge in [0.05, 0.1) is 25.3 Å². The average molecular weight is 588 g/mol. The maximum absolute atomic E-state index is 11.7. The van der Waals surface area contributed by atoms with Gasteiger partial charge in [-0.25, -0.2) is 14.8 Å². The smallest absolute Gasteiger partial charge is 0.407 e. The number of methoxy groups -OCH3 is 1. The van der Waals surface area contributed by atoms with Gasteiger partial charge >= 0.3 is 6.09 Å². The van der Waals surface area contributed by atoms with E-state index in [0.717, 1.165) is 52.4 Å². The number of carbonyl (C=O) groups is 1. The first kappa shape index (κ1) is 29.5. The van der Waals surface area contributed by atoms with Gasteiger partial charge in [-0.2, -0.15) is 0 Å². The van der Waals surface area contributed by atoms with E-state index in [4.69, 9.17) is 14.2 Å². The van der Waals surface area contributed by atoms with Crippen LogP contribution in [0.5, 0.6) is 11.5 Å². The molecule has 9 heteroatoms. The second kappa shape index (κ2) is 13.6. The Morgan fingerprint density at radius 2 is 1.82 bits per heavy atom. The lowest BCUT2D eigenvalue weighted by atomic mass is 10.1. The van der Waals surface area contributed by atoms with E-state index < -0.39 is 5.60 Å². The Morgan fingerprint density at radius 1 is 1.05 bits per heavy atom. The predicted molar refractivity (Wildman–Crippen MR) is 155 cm³/mol. The molecular formula is C29H39BrN4O4. The number of hydrogen-bond acceptors (Lipinski definition) is 7. The number of nitrogens with one attached hydrogen (secondary N) is 2. The van der Waals surface area contributed by atoms with Crippen LogP contribution in [-0.2, 0) is 4.74 Å². The number of unbranched alkanes of at least 4 members (excludes halogenated alkanes) is 3. The first-order valence-electron chi connectivity index (χ1n) is 13.0. The fraction of sp³-hybridized carbons (Fsp3) is 0.483. The van der Waals surface area contributed by atoms with Gasteiger partial charge in [-0.05, 0) is 71.2 Å². The van der Waals surface area contributed by atoms with Gasteiger partial charge in [0.15, 0.2) is 11.5 Å². The lowest BCUT2D eigenvalue weighted by molar-refractivity contribution is 0.0527. The molecule has 1 atom stereocenters. The van der Waals surface area contributed by atoms with E-state index in [1.54, 1.807) is 7.11 Å². The first-order chi connectivity index (χ1) is 18.1. The summed E-state index contributed by atoms with van der Waals surface area (Å²) in [5, 5.41) is 7.20. The summed E-state index contributed by atoms with van der Waals surface area (Å²) in [6, 6.07) is 12.1. The molecule has 0 aliphatic rings. The Kier molecular flexibility index (Phi) is 10.6. The third-order valence-corrected chi connectivity index (χ3v) is 6.28. The van der Waals surface area contributed by atoms with Gasteiger partial charge in [-0.15, -0.1) is 0 Å². The molecule has 206 valence electrons. The summed E-state index contributed by atoms with van der Waals surface area (Å²) < 4.78 is 18.0. The minimum atomic E-state index is -0.480. The predicted octanol–water partition coefficient (Wildman–Crippen LogP) is 7.35. The van der Waals surface area contributed by atoms with E-state index in [1.807, 2.05) is 52.0 Å². The van der Waals surface area contributed by atoms with Crippen molar-refractivity contribution in [3.8, 4) is 11.5 Å². The number of ether oxygens (including phenoxy) is 3. The fourth-order valence-electron chi connectivity index (χ4n) is 3.97. The van der Waals surface area contributed by atoms with Crippen molar-refractivity contribution in [3.63, 3.8) is 0 Å². The van der Waals surface area contributed by atoms with E-state index in [2.05, 4.69) is 55.6 Å². The Morgan fingerprint density at radius 3 is 2.53 bits per heavy atom. The SMILES string of the molecule is COc1cc2c(N[C@H](C)c3cccc(Br)c3)nc(C)nc2cc1OCCCCCCNC(=O)OC(C)(C)C. The number of carbonyl (C=O) groups excluding carboxylic acids is 1. The normalized spacial score (nSPS) is 12.2. The molecule has 0 saturated carbocycles. The highest BCUT2D eigenvalue weighted by Gasteiger charge is 2.16. The van der Waals surface area contributed by atoms with Crippen molar-refractivity contribution in [2.75, 3.05) is 25.6 Å². The molecule has 1 amide bonds. The molecule has 38 heavy (non-hydrogen) atoms. The Balaban J connectivity index is 1.56. The number of aromatic nitrogens is 2. The molecule has 3 rings (SSSR count). The van der Waals surface area contributed by atoms with E-state index in [1.165, 1.54) is 0 Å². The average Bonchev–Trinajstić information content (AvgIpc) is 2.84. The van der Waals surface area contributed by atoms with Crippen LogP contribution in [0.25, 0.3) is 10.9 Å². The van der Waals surface area contributed by atoms with Gasteiger partial charge < -0.3 is 24.8 Å². The van der Waals surface area contributed by atoms with E-state index >= 15 is 0 Å². The zero-order valence-corrected chi connectivity index (χ0v) is 24.8. The third-order valence-electron chi connectivity index (χ3n) is 5.79. The van der Waals surface area contributed by atoms with Gasteiger partial charge in [0, 0.05) is 22.5 Å². The first-order valence-corrected chi connectivity index (χ1v) is 13.8. The summed E-state index contributed by atoms with van der Waals surface area (Å²) in [4.78, 5) is 21.0. The standard InChI is InChI=1S/C29H39BrN4O4/c1-19(21-12-11-13-22(30)16-21)32-27-23-17-25(36-6)26(18-24(23)33-20(2)34-27)37-15-10-8-7-9-14-31-28(35)38-29(3,4)5/h11-13,16-19H,7-10,14-15H2,1-6H3,(H,31,35)(H,32,33,34)/t19-/m1/s1. The van der Waals surface area contributed by atoms with Gasteiger partial charge in [-0.3, -0.25) is 0 Å². The van der Waals surface area contributed by atoms with Gasteiger partial charge in [0.2, 0.25) is 0 Å². The van der Waals surface area contributed by atoms with E-state index in [-0.39, 0.29) is 12.1 Å². The number of hydrogen-bond donors (Lipinski definition) is 2. The number of amides is 1. The van der Waals surface area contributed by atoms with Crippen LogP contribution in [0.4, 0.5) is 10.6 Å². The second-order valence-electron chi connectivity index (χ2n) is 10.3. The van der Waals surface area contributed by atoms with Crippen molar-refractivity contribution in [2.24, 2.45) is 0 Å².